The topological polar surface area (TPSA) is 88.5 Å². The summed E-state index contributed by atoms with van der Waals surface area (Å²) in [6, 6.07) is 0. The molecule has 2 N–H and O–H groups in total. The molecule has 0 aromatic carbocycles. The van der Waals surface area contributed by atoms with Gasteiger partial charge in [0.05, 0.1) is 0 Å². The second-order valence-electron chi connectivity index (χ2n) is 4.08. The highest BCUT2D eigenvalue weighted by Crippen LogP contribution is 2.28. The maximum absolute atomic E-state index is 11.4. The molecule has 0 aliphatic rings. The van der Waals surface area contributed by atoms with Crippen molar-refractivity contribution in [3.05, 3.63) is 9.61 Å². The first-order valence-corrected chi connectivity index (χ1v) is 6.19. The van der Waals surface area contributed by atoms with E-state index in [1.54, 1.807) is 20.8 Å². The maximum atomic E-state index is 11.4. The third-order valence-electron chi connectivity index (χ3n) is 1.42. The summed E-state index contributed by atoms with van der Waals surface area (Å²) in [6.07, 6.45) is -0.712. The molecule has 0 radical (unpaired) electrons. The summed E-state index contributed by atoms with van der Waals surface area (Å²) in [5, 5.41) is 11.3. The van der Waals surface area contributed by atoms with Crippen LogP contribution < -0.4 is 5.32 Å². The molecule has 8 heteroatoms. The lowest BCUT2D eigenvalue weighted by molar-refractivity contribution is 0.0636. The molecular formula is C9H11BrN2O4S. The van der Waals surface area contributed by atoms with E-state index in [0.717, 1.165) is 11.3 Å². The zero-order chi connectivity index (χ0) is 13.2. The monoisotopic (exact) mass is 322 g/mol. The molecule has 1 heterocycles. The highest BCUT2D eigenvalue weighted by molar-refractivity contribution is 9.11. The van der Waals surface area contributed by atoms with Crippen LogP contribution in [0.4, 0.5) is 9.80 Å². The first kappa shape index (κ1) is 13.9. The molecule has 17 heavy (non-hydrogen) atoms. The van der Waals surface area contributed by atoms with E-state index >= 15 is 0 Å². The van der Waals surface area contributed by atoms with E-state index in [1.165, 1.54) is 0 Å². The van der Waals surface area contributed by atoms with Crippen LogP contribution in [0.2, 0.25) is 0 Å². The molecule has 1 aromatic rings. The van der Waals surface area contributed by atoms with Gasteiger partial charge in [-0.15, -0.1) is 0 Å². The molecule has 94 valence electrons. The minimum atomic E-state index is -1.21. The number of nitrogens with one attached hydrogen (secondary N) is 1. The molecule has 0 fully saturated rings. The van der Waals surface area contributed by atoms with Gasteiger partial charge in [0.25, 0.3) is 0 Å². The fraction of sp³-hybridized carbons (Fsp3) is 0.444. The van der Waals surface area contributed by atoms with Gasteiger partial charge in [-0.25, -0.2) is 14.6 Å². The fourth-order valence-electron chi connectivity index (χ4n) is 0.920. The van der Waals surface area contributed by atoms with Crippen molar-refractivity contribution in [2.45, 2.75) is 26.4 Å². The zero-order valence-electron chi connectivity index (χ0n) is 9.41. The van der Waals surface area contributed by atoms with Crippen LogP contribution in [-0.4, -0.2) is 27.8 Å². The molecule has 0 bridgehead atoms. The first-order valence-electron chi connectivity index (χ1n) is 4.58. The van der Waals surface area contributed by atoms with Gasteiger partial charge in [-0.2, -0.15) is 0 Å². The lowest BCUT2D eigenvalue weighted by Gasteiger charge is -2.19. The van der Waals surface area contributed by atoms with E-state index in [9.17, 15) is 9.59 Å². The van der Waals surface area contributed by atoms with Crippen molar-refractivity contribution in [2.75, 3.05) is 5.32 Å². The number of aromatic carboxylic acids is 1. The summed E-state index contributed by atoms with van der Waals surface area (Å²) in [7, 11) is 0. The van der Waals surface area contributed by atoms with E-state index in [0.29, 0.717) is 3.92 Å². The Morgan fingerprint density at radius 1 is 1.47 bits per heavy atom. The molecule has 0 saturated heterocycles. The molecular weight excluding hydrogens is 312 g/mol. The summed E-state index contributed by atoms with van der Waals surface area (Å²) in [5.41, 5.74) is -0.859. The lowest BCUT2D eigenvalue weighted by atomic mass is 10.2. The molecule has 0 atom stereocenters. The number of ether oxygens (including phenoxy) is 1. The van der Waals surface area contributed by atoms with Crippen LogP contribution in [0.5, 0.6) is 0 Å². The van der Waals surface area contributed by atoms with Crippen LogP contribution >= 0.6 is 27.3 Å². The van der Waals surface area contributed by atoms with Crippen molar-refractivity contribution in [3.63, 3.8) is 0 Å². The molecule has 0 aliphatic carbocycles. The van der Waals surface area contributed by atoms with Gasteiger partial charge in [-0.05, 0) is 36.7 Å². The van der Waals surface area contributed by atoms with Gasteiger partial charge in [0.1, 0.15) is 10.6 Å². The second-order valence-corrected chi connectivity index (χ2v) is 6.35. The number of aromatic nitrogens is 1. The third kappa shape index (κ3) is 4.31. The van der Waals surface area contributed by atoms with E-state index in [1.807, 2.05) is 0 Å². The maximum Gasteiger partial charge on any atom is 0.412 e. The van der Waals surface area contributed by atoms with Crippen molar-refractivity contribution >= 4 is 44.3 Å². The predicted molar refractivity (Wildman–Crippen MR) is 66.6 cm³/mol. The van der Waals surface area contributed by atoms with Gasteiger partial charge in [0.2, 0.25) is 0 Å². The molecule has 1 amide bonds. The Hall–Kier alpha value is -1.15. The van der Waals surface area contributed by atoms with Gasteiger partial charge in [-0.3, -0.25) is 5.32 Å². The molecule has 1 rings (SSSR count). The number of hydrogen-bond acceptors (Lipinski definition) is 5. The number of nitrogens with zero attached hydrogens (tertiary/aromatic N) is 1. The molecule has 0 spiro atoms. The highest BCUT2D eigenvalue weighted by Gasteiger charge is 2.21. The van der Waals surface area contributed by atoms with Crippen LogP contribution in [0.15, 0.2) is 3.92 Å². The number of amides is 1. The predicted octanol–water partition coefficient (Wildman–Crippen LogP) is 2.95. The number of rotatable bonds is 2. The van der Waals surface area contributed by atoms with Gasteiger partial charge in [-0.1, -0.05) is 11.3 Å². The van der Waals surface area contributed by atoms with Crippen molar-refractivity contribution in [3.8, 4) is 0 Å². The van der Waals surface area contributed by atoms with Crippen LogP contribution in [-0.2, 0) is 4.74 Å². The fourth-order valence-corrected chi connectivity index (χ4v) is 2.25. The number of carboxylic acids is 1. The van der Waals surface area contributed by atoms with Crippen molar-refractivity contribution in [1.29, 1.82) is 0 Å². The van der Waals surface area contributed by atoms with E-state index < -0.39 is 17.7 Å². The largest absolute Gasteiger partial charge is 0.476 e. The number of hydrogen-bond donors (Lipinski definition) is 2. The summed E-state index contributed by atoms with van der Waals surface area (Å²) in [5.74, 6) is -1.21. The number of anilines is 1. The number of carboxylic acid groups (broad SMARTS) is 1. The van der Waals surface area contributed by atoms with E-state index in [-0.39, 0.29) is 10.7 Å². The van der Waals surface area contributed by atoms with Crippen molar-refractivity contribution < 1.29 is 19.4 Å². The summed E-state index contributed by atoms with van der Waals surface area (Å²) < 4.78 is 5.38. The van der Waals surface area contributed by atoms with E-state index in [2.05, 4.69) is 26.2 Å². The van der Waals surface area contributed by atoms with Gasteiger partial charge in [0, 0.05) is 0 Å². The van der Waals surface area contributed by atoms with Crippen molar-refractivity contribution in [1.82, 2.24) is 4.98 Å². The standard InChI is InChI=1S/C9H11BrN2O4S/c1-9(2,3)16-8(15)12-5-4(6(13)14)11-7(10)17-5/h1-3H3,(H,12,15)(H,13,14). The lowest BCUT2D eigenvalue weighted by Crippen LogP contribution is -2.27. The Morgan fingerprint density at radius 3 is 2.53 bits per heavy atom. The first-order chi connectivity index (χ1) is 7.69. The molecule has 6 nitrogen and oxygen atoms in total. The average Bonchev–Trinajstić information content (AvgIpc) is 2.42. The minimum absolute atomic E-state index is 0.138. The molecule has 0 unspecified atom stereocenters. The molecule has 1 aromatic heterocycles. The van der Waals surface area contributed by atoms with Crippen LogP contribution in [0.25, 0.3) is 0 Å². The summed E-state index contributed by atoms with van der Waals surface area (Å²) in [4.78, 5) is 26.0. The Morgan fingerprint density at radius 2 is 2.06 bits per heavy atom. The Kier molecular flexibility index (Phi) is 4.10. The van der Waals surface area contributed by atoms with E-state index in [4.69, 9.17) is 9.84 Å². The molecule has 0 saturated carbocycles. The Balaban J connectivity index is 2.81. The molecule has 0 aliphatic heterocycles. The number of halogens is 1. The smallest absolute Gasteiger partial charge is 0.412 e. The third-order valence-corrected chi connectivity index (χ3v) is 2.84. The van der Waals surface area contributed by atoms with Crippen molar-refractivity contribution in [2.24, 2.45) is 0 Å². The highest BCUT2D eigenvalue weighted by atomic mass is 79.9. The van der Waals surface area contributed by atoms with Crippen LogP contribution in [0, 0.1) is 0 Å². The van der Waals surface area contributed by atoms with Gasteiger partial charge in [0.15, 0.2) is 9.61 Å². The number of carbonyl (C=O) groups is 2. The average molecular weight is 323 g/mol. The second kappa shape index (κ2) is 5.01. The van der Waals surface area contributed by atoms with Gasteiger partial charge < -0.3 is 9.84 Å². The Bertz CT molecular complexity index is 452. The minimum Gasteiger partial charge on any atom is -0.476 e. The van der Waals surface area contributed by atoms with Crippen LogP contribution in [0.1, 0.15) is 31.3 Å². The number of thiazole rings is 1. The summed E-state index contributed by atoms with van der Waals surface area (Å²) in [6.45, 7) is 5.15. The SMILES string of the molecule is CC(C)(C)OC(=O)Nc1sc(Br)nc1C(=O)O. The van der Waals surface area contributed by atoms with Gasteiger partial charge >= 0.3 is 12.1 Å². The quantitative estimate of drug-likeness (QED) is 0.873. The van der Waals surface area contributed by atoms with Crippen LogP contribution in [0.3, 0.4) is 0 Å². The zero-order valence-corrected chi connectivity index (χ0v) is 11.8. The Labute approximate surface area is 110 Å². The summed E-state index contributed by atoms with van der Waals surface area (Å²) >= 11 is 4.06. The number of carbonyl (C=O) groups excluding carboxylic acids is 1. The normalized spacial score (nSPS) is 11.1.